The molecule has 1 aromatic rings. The Morgan fingerprint density at radius 2 is 1.90 bits per heavy atom. The highest BCUT2D eigenvalue weighted by Gasteiger charge is 2.19. The zero-order chi connectivity index (χ0) is 15.0. The normalized spacial score (nSPS) is 11.7. The van der Waals surface area contributed by atoms with Gasteiger partial charge >= 0.3 is 0 Å². The Morgan fingerprint density at radius 3 is 2.55 bits per heavy atom. The summed E-state index contributed by atoms with van der Waals surface area (Å²) in [6.07, 6.45) is 2.09. The van der Waals surface area contributed by atoms with Crippen molar-refractivity contribution in [1.29, 1.82) is 0 Å². The second kappa shape index (κ2) is 8.28. The molecule has 0 amide bonds. The largest absolute Gasteiger partial charge is 0.493 e. The van der Waals surface area contributed by atoms with Crippen LogP contribution in [0.25, 0.3) is 0 Å². The maximum absolute atomic E-state index is 8.67. The quantitative estimate of drug-likeness (QED) is 0.719. The molecule has 1 aromatic carbocycles. The molecule has 3 heteroatoms. The molecule has 0 bridgehead atoms. The average molecular weight is 279 g/mol. The molecule has 0 heterocycles. The smallest absolute Gasteiger partial charge is 0.125 e. The van der Waals surface area contributed by atoms with Gasteiger partial charge in [0.1, 0.15) is 5.75 Å². The minimum Gasteiger partial charge on any atom is -0.493 e. The van der Waals surface area contributed by atoms with Gasteiger partial charge in [0.05, 0.1) is 13.2 Å². The Balaban J connectivity index is 2.47. The predicted octanol–water partition coefficient (Wildman–Crippen LogP) is 3.03. The van der Waals surface area contributed by atoms with Crippen molar-refractivity contribution in [3.8, 4) is 5.75 Å². The minimum absolute atomic E-state index is 0.101. The van der Waals surface area contributed by atoms with Crippen LogP contribution in [-0.4, -0.2) is 31.4 Å². The summed E-state index contributed by atoms with van der Waals surface area (Å²) in [5, 5.41) is 11.8. The minimum atomic E-state index is 0.101. The molecule has 0 unspecified atom stereocenters. The lowest BCUT2D eigenvalue weighted by Gasteiger charge is -2.24. The Morgan fingerprint density at radius 1 is 1.15 bits per heavy atom. The maximum Gasteiger partial charge on any atom is 0.125 e. The lowest BCUT2D eigenvalue weighted by Crippen LogP contribution is -2.20. The molecule has 0 fully saturated rings. The SMILES string of the molecule is Cc1cccc(C(C)(C)C)c1OCCCCNCCO. The first kappa shape index (κ1) is 17.0. The van der Waals surface area contributed by atoms with Crippen LogP contribution in [0.3, 0.4) is 0 Å². The van der Waals surface area contributed by atoms with Gasteiger partial charge in [0.25, 0.3) is 0 Å². The van der Waals surface area contributed by atoms with Gasteiger partial charge in [-0.1, -0.05) is 39.0 Å². The number of ether oxygens (including phenoxy) is 1. The Bertz CT molecular complexity index is 396. The third-order valence-corrected chi connectivity index (χ3v) is 3.30. The van der Waals surface area contributed by atoms with E-state index in [1.807, 2.05) is 0 Å². The highest BCUT2D eigenvalue weighted by molar-refractivity contribution is 5.44. The molecule has 0 aliphatic rings. The summed E-state index contributed by atoms with van der Waals surface area (Å²) in [5.74, 6) is 1.04. The lowest BCUT2D eigenvalue weighted by molar-refractivity contribution is 0.284. The summed E-state index contributed by atoms with van der Waals surface area (Å²) in [7, 11) is 0. The van der Waals surface area contributed by atoms with Gasteiger partial charge in [-0.25, -0.2) is 0 Å². The van der Waals surface area contributed by atoms with Gasteiger partial charge < -0.3 is 15.2 Å². The standard InChI is InChI=1S/C17H29NO2/c1-14-8-7-9-15(17(2,3)4)16(14)20-13-6-5-10-18-11-12-19/h7-9,18-19H,5-6,10-13H2,1-4H3. The highest BCUT2D eigenvalue weighted by atomic mass is 16.5. The number of unbranched alkanes of at least 4 members (excludes halogenated alkanes) is 1. The van der Waals surface area contributed by atoms with Crippen molar-refractivity contribution in [2.24, 2.45) is 0 Å². The van der Waals surface area contributed by atoms with E-state index in [2.05, 4.69) is 51.2 Å². The van der Waals surface area contributed by atoms with E-state index in [4.69, 9.17) is 9.84 Å². The second-order valence-electron chi connectivity index (χ2n) is 6.23. The number of para-hydroxylation sites is 1. The number of aliphatic hydroxyl groups excluding tert-OH is 1. The molecule has 20 heavy (non-hydrogen) atoms. The van der Waals surface area contributed by atoms with E-state index < -0.39 is 0 Å². The maximum atomic E-state index is 8.67. The molecule has 0 aliphatic carbocycles. The van der Waals surface area contributed by atoms with E-state index in [1.165, 1.54) is 11.1 Å². The van der Waals surface area contributed by atoms with E-state index in [1.54, 1.807) is 0 Å². The van der Waals surface area contributed by atoms with Gasteiger partial charge in [-0.2, -0.15) is 0 Å². The van der Waals surface area contributed by atoms with Crippen molar-refractivity contribution >= 4 is 0 Å². The van der Waals surface area contributed by atoms with Crippen molar-refractivity contribution in [3.63, 3.8) is 0 Å². The Kier molecular flexibility index (Phi) is 7.03. The van der Waals surface area contributed by atoms with Crippen LogP contribution in [0.15, 0.2) is 18.2 Å². The predicted molar refractivity (Wildman–Crippen MR) is 84.6 cm³/mol. The van der Waals surface area contributed by atoms with Crippen LogP contribution in [0.4, 0.5) is 0 Å². The molecular weight excluding hydrogens is 250 g/mol. The summed E-state index contributed by atoms with van der Waals surface area (Å²) < 4.78 is 6.02. The molecule has 0 aliphatic heterocycles. The fraction of sp³-hybridized carbons (Fsp3) is 0.647. The number of aryl methyl sites for hydroxylation is 1. The molecular formula is C17H29NO2. The molecule has 0 radical (unpaired) electrons. The number of aliphatic hydroxyl groups is 1. The average Bonchev–Trinajstić information content (AvgIpc) is 2.38. The molecule has 3 nitrogen and oxygen atoms in total. The van der Waals surface area contributed by atoms with Crippen LogP contribution < -0.4 is 10.1 Å². The molecule has 0 aromatic heterocycles. The van der Waals surface area contributed by atoms with Crippen LogP contribution in [0.5, 0.6) is 5.75 Å². The van der Waals surface area contributed by atoms with E-state index in [0.717, 1.165) is 31.7 Å². The summed E-state index contributed by atoms with van der Waals surface area (Å²) in [6, 6.07) is 6.36. The van der Waals surface area contributed by atoms with Crippen LogP contribution in [0.1, 0.15) is 44.7 Å². The van der Waals surface area contributed by atoms with Crippen molar-refractivity contribution in [3.05, 3.63) is 29.3 Å². The van der Waals surface area contributed by atoms with E-state index in [9.17, 15) is 0 Å². The lowest BCUT2D eigenvalue weighted by atomic mass is 9.85. The zero-order valence-corrected chi connectivity index (χ0v) is 13.3. The summed E-state index contributed by atoms with van der Waals surface area (Å²) in [6.45, 7) is 11.3. The first-order chi connectivity index (χ1) is 9.46. The monoisotopic (exact) mass is 279 g/mol. The van der Waals surface area contributed by atoms with Crippen LogP contribution in [0.2, 0.25) is 0 Å². The molecule has 0 atom stereocenters. The summed E-state index contributed by atoms with van der Waals surface area (Å²) >= 11 is 0. The van der Waals surface area contributed by atoms with Crippen LogP contribution in [-0.2, 0) is 5.41 Å². The van der Waals surface area contributed by atoms with Crippen molar-refractivity contribution in [2.45, 2.75) is 46.0 Å². The third kappa shape index (κ3) is 5.51. The Hall–Kier alpha value is -1.06. The number of benzene rings is 1. The third-order valence-electron chi connectivity index (χ3n) is 3.30. The molecule has 2 N–H and O–H groups in total. The van der Waals surface area contributed by atoms with Gasteiger partial charge in [-0.3, -0.25) is 0 Å². The van der Waals surface area contributed by atoms with E-state index >= 15 is 0 Å². The number of nitrogens with one attached hydrogen (secondary N) is 1. The number of rotatable bonds is 8. The van der Waals surface area contributed by atoms with Gasteiger partial charge in [0, 0.05) is 6.54 Å². The van der Waals surface area contributed by atoms with E-state index in [0.29, 0.717) is 6.54 Å². The van der Waals surface area contributed by atoms with Crippen LogP contribution >= 0.6 is 0 Å². The van der Waals surface area contributed by atoms with Gasteiger partial charge in [0.15, 0.2) is 0 Å². The first-order valence-corrected chi connectivity index (χ1v) is 7.51. The van der Waals surface area contributed by atoms with Crippen molar-refractivity contribution in [2.75, 3.05) is 26.3 Å². The summed E-state index contributed by atoms with van der Waals surface area (Å²) in [4.78, 5) is 0. The summed E-state index contributed by atoms with van der Waals surface area (Å²) in [5.41, 5.74) is 2.58. The highest BCUT2D eigenvalue weighted by Crippen LogP contribution is 2.33. The van der Waals surface area contributed by atoms with Crippen molar-refractivity contribution in [1.82, 2.24) is 5.32 Å². The van der Waals surface area contributed by atoms with Crippen LogP contribution in [0, 0.1) is 6.92 Å². The molecule has 1 rings (SSSR count). The number of hydrogen-bond acceptors (Lipinski definition) is 3. The second-order valence-corrected chi connectivity index (χ2v) is 6.23. The molecule has 0 saturated heterocycles. The Labute approximate surface area is 123 Å². The van der Waals surface area contributed by atoms with Crippen molar-refractivity contribution < 1.29 is 9.84 Å². The molecule has 0 saturated carbocycles. The zero-order valence-electron chi connectivity index (χ0n) is 13.3. The first-order valence-electron chi connectivity index (χ1n) is 7.51. The van der Waals surface area contributed by atoms with Gasteiger partial charge in [-0.15, -0.1) is 0 Å². The van der Waals surface area contributed by atoms with Gasteiger partial charge in [0.2, 0.25) is 0 Å². The fourth-order valence-corrected chi connectivity index (χ4v) is 2.16. The topological polar surface area (TPSA) is 41.5 Å². The fourth-order valence-electron chi connectivity index (χ4n) is 2.16. The van der Waals surface area contributed by atoms with Gasteiger partial charge in [-0.05, 0) is 42.9 Å². The molecule has 0 spiro atoms. The number of hydrogen-bond donors (Lipinski definition) is 2. The van der Waals surface area contributed by atoms with E-state index in [-0.39, 0.29) is 12.0 Å². The molecule has 114 valence electrons.